The second kappa shape index (κ2) is 11.5. The van der Waals surface area contributed by atoms with Crippen LogP contribution in [0, 0.1) is 0 Å². The number of imidazole rings is 1. The highest BCUT2D eigenvalue weighted by Crippen LogP contribution is 2.31. The monoisotopic (exact) mass is 476 g/mol. The van der Waals surface area contributed by atoms with E-state index in [0.29, 0.717) is 0 Å². The Bertz CT molecular complexity index is 578. The van der Waals surface area contributed by atoms with E-state index in [9.17, 15) is 0 Å². The summed E-state index contributed by atoms with van der Waals surface area (Å²) in [5, 5.41) is 0. The molecule has 0 N–H and O–H groups in total. The first-order valence-electron chi connectivity index (χ1n) is 10.8. The quantitative estimate of drug-likeness (QED) is 0.245. The molecular formula is C19H44N2O4Si4. The fraction of sp³-hybridized carbons (Fsp3) is 0.842. The number of nitrogens with zero attached hydrogens (tertiary/aromatic N) is 2. The Morgan fingerprint density at radius 1 is 0.759 bits per heavy atom. The third kappa shape index (κ3) is 12.4. The van der Waals surface area contributed by atoms with Crippen molar-refractivity contribution in [3.05, 3.63) is 18.7 Å². The molecule has 0 fully saturated rings. The van der Waals surface area contributed by atoms with Crippen molar-refractivity contribution in [2.45, 2.75) is 90.3 Å². The van der Waals surface area contributed by atoms with Gasteiger partial charge in [-0.1, -0.05) is 0 Å². The zero-order valence-corrected chi connectivity index (χ0v) is 24.2. The number of aryl methyl sites for hydroxylation is 1. The molecule has 2 atom stereocenters. The van der Waals surface area contributed by atoms with Crippen LogP contribution in [0.2, 0.25) is 64.5 Å². The Hall–Kier alpha value is -0.0825. The Morgan fingerprint density at radius 2 is 1.31 bits per heavy atom. The third-order valence-corrected chi connectivity index (χ3v) is 18.6. The lowest BCUT2D eigenvalue weighted by atomic mass is 10.4. The summed E-state index contributed by atoms with van der Waals surface area (Å²) in [6.45, 7) is 19.8. The van der Waals surface area contributed by atoms with Gasteiger partial charge in [0.2, 0.25) is 0 Å². The average molecular weight is 477 g/mol. The van der Waals surface area contributed by atoms with Gasteiger partial charge in [-0.15, -0.1) is 0 Å². The summed E-state index contributed by atoms with van der Waals surface area (Å²) in [5.74, 6) is 0. The number of ether oxygens (including phenoxy) is 1. The van der Waals surface area contributed by atoms with Crippen molar-refractivity contribution >= 4 is 33.8 Å². The van der Waals surface area contributed by atoms with Crippen molar-refractivity contribution in [1.82, 2.24) is 9.55 Å². The molecule has 1 aromatic heterocycles. The Morgan fingerprint density at radius 3 is 1.76 bits per heavy atom. The van der Waals surface area contributed by atoms with Gasteiger partial charge in [0.1, 0.15) is 0 Å². The lowest BCUT2D eigenvalue weighted by Gasteiger charge is -2.43. The minimum atomic E-state index is -2.37. The first kappa shape index (κ1) is 27.0. The van der Waals surface area contributed by atoms with E-state index >= 15 is 0 Å². The Labute approximate surface area is 183 Å². The van der Waals surface area contributed by atoms with Crippen molar-refractivity contribution in [2.24, 2.45) is 0 Å². The molecule has 0 aliphatic rings. The van der Waals surface area contributed by atoms with Crippen molar-refractivity contribution in [3.63, 3.8) is 0 Å². The van der Waals surface area contributed by atoms with E-state index < -0.39 is 33.8 Å². The Kier molecular flexibility index (Phi) is 10.7. The van der Waals surface area contributed by atoms with Gasteiger partial charge < -0.3 is 21.6 Å². The maximum Gasteiger partial charge on any atom is 0.315 e. The lowest BCUT2D eigenvalue weighted by Crippen LogP contribution is -2.58. The van der Waals surface area contributed by atoms with E-state index in [-0.39, 0.29) is 0 Å². The van der Waals surface area contributed by atoms with E-state index in [4.69, 9.17) is 17.1 Å². The summed E-state index contributed by atoms with van der Waals surface area (Å²) in [6.07, 6.45) is 8.88. The molecule has 170 valence electrons. The zero-order valence-electron chi connectivity index (χ0n) is 20.2. The van der Waals surface area contributed by atoms with Gasteiger partial charge in [-0.05, 0) is 83.7 Å². The first-order valence-corrected chi connectivity index (χ1v) is 22.7. The van der Waals surface area contributed by atoms with Crippen LogP contribution in [-0.4, -0.2) is 57.0 Å². The maximum absolute atomic E-state index is 7.01. The van der Waals surface area contributed by atoms with Gasteiger partial charge in [-0.3, -0.25) is 0 Å². The maximum atomic E-state index is 7.01. The van der Waals surface area contributed by atoms with Gasteiger partial charge in [0.05, 0.1) is 6.33 Å². The normalized spacial score (nSPS) is 17.1. The highest BCUT2D eigenvalue weighted by Gasteiger charge is 2.46. The SMILES string of the molecule is COCCCC[Si](C)(O[Si](C)(C)C)O[Si](C)(CCCn1ccnc1)O[Si](C)(C)C. The summed E-state index contributed by atoms with van der Waals surface area (Å²) in [7, 11) is -6.40. The highest BCUT2D eigenvalue weighted by molar-refractivity contribution is 6.89. The second-order valence-electron chi connectivity index (χ2n) is 10.2. The van der Waals surface area contributed by atoms with E-state index in [2.05, 4.69) is 61.9 Å². The van der Waals surface area contributed by atoms with Crippen molar-refractivity contribution in [2.75, 3.05) is 13.7 Å². The summed E-state index contributed by atoms with van der Waals surface area (Å²) < 4.78 is 27.9. The Balaban J connectivity index is 2.91. The van der Waals surface area contributed by atoms with Crippen LogP contribution in [-0.2, 0) is 23.6 Å². The molecule has 2 unspecified atom stereocenters. The van der Waals surface area contributed by atoms with Crippen molar-refractivity contribution in [1.29, 1.82) is 0 Å². The fourth-order valence-corrected chi connectivity index (χ4v) is 22.1. The molecule has 10 heteroatoms. The number of methoxy groups -OCH3 is 1. The molecule has 0 aliphatic heterocycles. The molecule has 0 aliphatic carbocycles. The number of aromatic nitrogens is 2. The molecule has 1 rings (SSSR count). The number of unbranched alkanes of at least 4 members (excludes halogenated alkanes) is 1. The predicted molar refractivity (Wildman–Crippen MR) is 131 cm³/mol. The van der Waals surface area contributed by atoms with Gasteiger partial charge in [0, 0.05) is 32.7 Å². The molecule has 0 saturated carbocycles. The standard InChI is InChI=1S/C19H44N2O4Si4/c1-22-16-10-11-17-28(8,23-26(2,3)4)25-29(9,24-27(5,6)7)18-12-14-21-15-13-20-19-21/h13,15,19H,10-12,14,16-18H2,1-9H3. The zero-order chi connectivity index (χ0) is 22.2. The third-order valence-electron chi connectivity index (χ3n) is 4.31. The van der Waals surface area contributed by atoms with Crippen molar-refractivity contribution in [3.8, 4) is 0 Å². The summed E-state index contributed by atoms with van der Waals surface area (Å²) >= 11 is 0. The lowest BCUT2D eigenvalue weighted by molar-refractivity contribution is 0.193. The predicted octanol–water partition coefficient (Wildman–Crippen LogP) is 5.56. The van der Waals surface area contributed by atoms with Crippen LogP contribution in [0.1, 0.15) is 19.3 Å². The van der Waals surface area contributed by atoms with Crippen LogP contribution >= 0.6 is 0 Å². The molecule has 0 bridgehead atoms. The number of hydrogen-bond acceptors (Lipinski definition) is 5. The van der Waals surface area contributed by atoms with Gasteiger partial charge in [0.25, 0.3) is 0 Å². The van der Waals surface area contributed by atoms with Crippen LogP contribution in [0.25, 0.3) is 0 Å². The summed E-state index contributed by atoms with van der Waals surface area (Å²) in [4.78, 5) is 4.15. The minimum absolute atomic E-state index is 0.794. The van der Waals surface area contributed by atoms with E-state index in [1.165, 1.54) is 0 Å². The largest absolute Gasteiger partial charge is 0.437 e. The van der Waals surface area contributed by atoms with Crippen LogP contribution in [0.4, 0.5) is 0 Å². The molecule has 0 aromatic carbocycles. The minimum Gasteiger partial charge on any atom is -0.437 e. The molecule has 0 radical (unpaired) electrons. The van der Waals surface area contributed by atoms with Gasteiger partial charge in [-0.25, -0.2) is 4.98 Å². The van der Waals surface area contributed by atoms with Gasteiger partial charge in [0.15, 0.2) is 16.6 Å². The molecule has 1 heterocycles. The summed E-state index contributed by atoms with van der Waals surface area (Å²) in [5.41, 5.74) is 0. The van der Waals surface area contributed by atoms with E-state index in [0.717, 1.165) is 44.5 Å². The number of hydrogen-bond donors (Lipinski definition) is 0. The van der Waals surface area contributed by atoms with Crippen molar-refractivity contribution < 1.29 is 17.1 Å². The molecule has 0 saturated heterocycles. The molecule has 0 amide bonds. The van der Waals surface area contributed by atoms with Crippen LogP contribution < -0.4 is 0 Å². The smallest absolute Gasteiger partial charge is 0.315 e. The highest BCUT2D eigenvalue weighted by atomic mass is 28.5. The van der Waals surface area contributed by atoms with Gasteiger partial charge >= 0.3 is 17.1 Å². The topological polar surface area (TPSA) is 54.7 Å². The van der Waals surface area contributed by atoms with Crippen LogP contribution in [0.3, 0.4) is 0 Å². The van der Waals surface area contributed by atoms with Crippen LogP contribution in [0.15, 0.2) is 18.7 Å². The molecule has 6 nitrogen and oxygen atoms in total. The first-order chi connectivity index (χ1) is 13.3. The molecular weight excluding hydrogens is 433 g/mol. The van der Waals surface area contributed by atoms with Gasteiger partial charge in [-0.2, -0.15) is 0 Å². The fourth-order valence-electron chi connectivity index (χ4n) is 3.69. The van der Waals surface area contributed by atoms with Crippen LogP contribution in [0.5, 0.6) is 0 Å². The average Bonchev–Trinajstić information content (AvgIpc) is 3.00. The molecule has 1 aromatic rings. The number of rotatable bonds is 15. The van der Waals surface area contributed by atoms with E-state index in [1.54, 1.807) is 7.11 Å². The second-order valence-corrected chi connectivity index (χ2v) is 26.6. The summed E-state index contributed by atoms with van der Waals surface area (Å²) in [6, 6.07) is 1.98. The van der Waals surface area contributed by atoms with E-state index in [1.807, 2.05) is 18.7 Å². The molecule has 0 spiro atoms. The molecule has 29 heavy (non-hydrogen) atoms.